The third-order valence-corrected chi connectivity index (χ3v) is 5.69. The van der Waals surface area contributed by atoms with Crippen LogP contribution in [-0.4, -0.2) is 28.4 Å². The first-order valence-corrected chi connectivity index (χ1v) is 12.0. The van der Waals surface area contributed by atoms with E-state index in [0.717, 1.165) is 10.0 Å². The first-order chi connectivity index (χ1) is 17.1. The fourth-order valence-electron chi connectivity index (χ4n) is 3.41. The first kappa shape index (κ1) is 25.2. The van der Waals surface area contributed by atoms with Gasteiger partial charge >= 0.3 is 0 Å². The highest BCUT2D eigenvalue weighted by molar-refractivity contribution is 9.10. The molecule has 4 rings (SSSR count). The molecule has 0 bridgehead atoms. The second kappa shape index (κ2) is 10.4. The number of halogens is 2. The van der Waals surface area contributed by atoms with Gasteiger partial charge in [-0.25, -0.2) is 9.37 Å². The van der Waals surface area contributed by atoms with E-state index >= 15 is 0 Å². The van der Waals surface area contributed by atoms with Crippen LogP contribution in [0.4, 0.5) is 10.1 Å². The maximum atomic E-state index is 13.7. The van der Waals surface area contributed by atoms with Crippen LogP contribution < -0.4 is 15.6 Å². The van der Waals surface area contributed by atoms with Crippen LogP contribution >= 0.6 is 15.9 Å². The molecule has 1 heterocycles. The number of benzene rings is 3. The second-order valence-electron chi connectivity index (χ2n) is 9.09. The average Bonchev–Trinajstić information content (AvgIpc) is 2.84. The highest BCUT2D eigenvalue weighted by Crippen LogP contribution is 2.23. The molecule has 0 saturated heterocycles. The SMILES string of the molecule is CC(C)(C)c1nc2ccc(Br)cc2c(=O)n1N=Cc1ccc(OCC(=O)Nc2ccccc2F)cc1. The van der Waals surface area contributed by atoms with E-state index in [2.05, 4.69) is 26.3 Å². The van der Waals surface area contributed by atoms with E-state index < -0.39 is 17.1 Å². The van der Waals surface area contributed by atoms with E-state index in [1.54, 1.807) is 54.7 Å². The van der Waals surface area contributed by atoms with Gasteiger partial charge < -0.3 is 10.1 Å². The minimum absolute atomic E-state index is 0.0954. The highest BCUT2D eigenvalue weighted by atomic mass is 79.9. The number of nitrogens with one attached hydrogen (secondary N) is 1. The lowest BCUT2D eigenvalue weighted by molar-refractivity contribution is -0.118. The van der Waals surface area contributed by atoms with Gasteiger partial charge in [0.15, 0.2) is 6.61 Å². The molecule has 1 N–H and O–H groups in total. The van der Waals surface area contributed by atoms with E-state index in [0.29, 0.717) is 22.5 Å². The molecule has 0 unspecified atom stereocenters. The van der Waals surface area contributed by atoms with Crippen molar-refractivity contribution in [3.8, 4) is 5.75 Å². The molecule has 0 fully saturated rings. The van der Waals surface area contributed by atoms with Crippen LogP contribution in [0.1, 0.15) is 32.2 Å². The number of carbonyl (C=O) groups is 1. The Kier molecular flexibility index (Phi) is 7.30. The molecule has 0 radical (unpaired) electrons. The molecule has 4 aromatic rings. The maximum absolute atomic E-state index is 13.7. The number of ether oxygens (including phenoxy) is 1. The minimum atomic E-state index is -0.516. The van der Waals surface area contributed by atoms with Gasteiger partial charge in [-0.05, 0) is 60.2 Å². The normalized spacial score (nSPS) is 11.7. The third kappa shape index (κ3) is 5.85. The number of para-hydroxylation sites is 1. The summed E-state index contributed by atoms with van der Waals surface area (Å²) >= 11 is 3.40. The van der Waals surface area contributed by atoms with E-state index in [-0.39, 0.29) is 17.9 Å². The van der Waals surface area contributed by atoms with Crippen molar-refractivity contribution in [2.24, 2.45) is 5.10 Å². The zero-order valence-electron chi connectivity index (χ0n) is 20.0. The predicted octanol–water partition coefficient (Wildman–Crippen LogP) is 5.50. The van der Waals surface area contributed by atoms with Crippen LogP contribution in [0.5, 0.6) is 5.75 Å². The smallest absolute Gasteiger partial charge is 0.282 e. The Morgan fingerprint density at radius 3 is 2.56 bits per heavy atom. The van der Waals surface area contributed by atoms with Crippen molar-refractivity contribution in [2.45, 2.75) is 26.2 Å². The van der Waals surface area contributed by atoms with Crippen LogP contribution in [0, 0.1) is 5.82 Å². The summed E-state index contributed by atoms with van der Waals surface area (Å²) in [6.45, 7) is 5.64. The van der Waals surface area contributed by atoms with Gasteiger partial charge in [0.25, 0.3) is 11.5 Å². The average molecular weight is 551 g/mol. The molecule has 0 saturated carbocycles. The zero-order valence-corrected chi connectivity index (χ0v) is 21.5. The van der Waals surface area contributed by atoms with Crippen molar-refractivity contribution < 1.29 is 13.9 Å². The number of hydrogen-bond donors (Lipinski definition) is 1. The molecule has 1 aromatic heterocycles. The van der Waals surface area contributed by atoms with Crippen molar-refractivity contribution in [3.05, 3.63) is 98.8 Å². The fourth-order valence-corrected chi connectivity index (χ4v) is 3.77. The molecule has 0 atom stereocenters. The molecule has 1 amide bonds. The summed E-state index contributed by atoms with van der Waals surface area (Å²) in [5.74, 6) is 0.00715. The topological polar surface area (TPSA) is 85.6 Å². The Labute approximate surface area is 215 Å². The van der Waals surface area contributed by atoms with Gasteiger partial charge in [-0.2, -0.15) is 9.78 Å². The monoisotopic (exact) mass is 550 g/mol. The van der Waals surface area contributed by atoms with Gasteiger partial charge in [0.05, 0.1) is 22.8 Å². The van der Waals surface area contributed by atoms with E-state index in [1.807, 2.05) is 26.8 Å². The van der Waals surface area contributed by atoms with Crippen molar-refractivity contribution in [1.29, 1.82) is 0 Å². The Balaban J connectivity index is 1.50. The number of nitrogens with zero attached hydrogens (tertiary/aromatic N) is 3. The number of aromatic nitrogens is 2. The second-order valence-corrected chi connectivity index (χ2v) is 10.0. The summed E-state index contributed by atoms with van der Waals surface area (Å²) in [7, 11) is 0. The molecular weight excluding hydrogens is 527 g/mol. The molecule has 9 heteroatoms. The molecule has 0 spiro atoms. The van der Waals surface area contributed by atoms with E-state index in [9.17, 15) is 14.0 Å². The van der Waals surface area contributed by atoms with Crippen LogP contribution in [0.3, 0.4) is 0 Å². The van der Waals surface area contributed by atoms with Crippen LogP contribution in [0.15, 0.2) is 81.1 Å². The lowest BCUT2D eigenvalue weighted by Crippen LogP contribution is -2.29. The highest BCUT2D eigenvalue weighted by Gasteiger charge is 2.22. The van der Waals surface area contributed by atoms with Crippen LogP contribution in [0.2, 0.25) is 0 Å². The number of anilines is 1. The van der Waals surface area contributed by atoms with Crippen LogP contribution in [0.25, 0.3) is 10.9 Å². The molecule has 184 valence electrons. The van der Waals surface area contributed by atoms with Crippen LogP contribution in [-0.2, 0) is 10.2 Å². The predicted molar refractivity (Wildman–Crippen MR) is 142 cm³/mol. The van der Waals surface area contributed by atoms with Crippen molar-refractivity contribution in [3.63, 3.8) is 0 Å². The molecule has 7 nitrogen and oxygen atoms in total. The number of hydrogen-bond acceptors (Lipinski definition) is 5. The Morgan fingerprint density at radius 2 is 1.86 bits per heavy atom. The molecule has 36 heavy (non-hydrogen) atoms. The summed E-state index contributed by atoms with van der Waals surface area (Å²) in [6.07, 6.45) is 1.57. The summed E-state index contributed by atoms with van der Waals surface area (Å²) in [4.78, 5) is 30.0. The summed E-state index contributed by atoms with van der Waals surface area (Å²) < 4.78 is 21.3. The Morgan fingerprint density at radius 1 is 1.14 bits per heavy atom. The lowest BCUT2D eigenvalue weighted by Gasteiger charge is -2.20. The zero-order chi connectivity index (χ0) is 25.9. The molecule has 0 aliphatic heterocycles. The van der Waals surface area contributed by atoms with Crippen molar-refractivity contribution >= 4 is 44.6 Å². The van der Waals surface area contributed by atoms with Crippen molar-refractivity contribution in [2.75, 3.05) is 11.9 Å². The first-order valence-electron chi connectivity index (χ1n) is 11.2. The quantitative estimate of drug-likeness (QED) is 0.321. The third-order valence-electron chi connectivity index (χ3n) is 5.20. The van der Waals surface area contributed by atoms with Gasteiger partial charge in [-0.1, -0.05) is 48.8 Å². The lowest BCUT2D eigenvalue weighted by atomic mass is 9.95. The summed E-state index contributed by atoms with van der Waals surface area (Å²) in [6, 6.07) is 18.2. The number of fused-ring (bicyclic) bond motifs is 1. The van der Waals surface area contributed by atoms with Gasteiger partial charge in [-0.15, -0.1) is 0 Å². The van der Waals surface area contributed by atoms with Gasteiger partial charge in [-0.3, -0.25) is 9.59 Å². The largest absolute Gasteiger partial charge is 0.484 e. The number of carbonyl (C=O) groups excluding carboxylic acids is 1. The van der Waals surface area contributed by atoms with Gasteiger partial charge in [0, 0.05) is 9.89 Å². The Hall–Kier alpha value is -3.85. The van der Waals surface area contributed by atoms with Gasteiger partial charge in [0.1, 0.15) is 17.4 Å². The number of amides is 1. The van der Waals surface area contributed by atoms with Gasteiger partial charge in [0.2, 0.25) is 0 Å². The molecule has 3 aromatic carbocycles. The fraction of sp³-hybridized carbons (Fsp3) is 0.185. The van der Waals surface area contributed by atoms with E-state index in [4.69, 9.17) is 9.72 Å². The molecular formula is C27H24BrFN4O3. The summed E-state index contributed by atoms with van der Waals surface area (Å²) in [5.41, 5.74) is 0.749. The van der Waals surface area contributed by atoms with E-state index in [1.165, 1.54) is 16.8 Å². The maximum Gasteiger partial charge on any atom is 0.282 e. The standard InChI is InChI=1S/C27H24BrFN4O3/c1-27(2,3)26-32-22-13-10-18(28)14-20(22)25(35)33(26)30-15-17-8-11-19(12-9-17)36-16-24(34)31-23-7-5-4-6-21(23)29/h4-15H,16H2,1-3H3,(H,31,34). The summed E-state index contributed by atoms with van der Waals surface area (Å²) in [5, 5.41) is 7.37. The minimum Gasteiger partial charge on any atom is -0.484 e. The van der Waals surface area contributed by atoms with Crippen molar-refractivity contribution in [1.82, 2.24) is 9.66 Å². The molecule has 0 aliphatic carbocycles. The number of rotatable bonds is 6. The molecule has 0 aliphatic rings. The Bertz CT molecular complexity index is 1510.